The average molecular weight is 537 g/mol. The predicted molar refractivity (Wildman–Crippen MR) is 153 cm³/mol. The van der Waals surface area contributed by atoms with Gasteiger partial charge in [-0.2, -0.15) is 0 Å². The molecule has 1 amide bonds. The van der Waals surface area contributed by atoms with E-state index in [2.05, 4.69) is 4.90 Å². The predicted octanol–water partition coefficient (Wildman–Crippen LogP) is 4.71. The number of aromatic nitrogens is 2. The second kappa shape index (κ2) is 9.08. The van der Waals surface area contributed by atoms with Crippen molar-refractivity contribution in [3.8, 4) is 11.5 Å². The number of rotatable bonds is 4. The minimum absolute atomic E-state index is 0.173. The summed E-state index contributed by atoms with van der Waals surface area (Å²) in [6, 6.07) is 19.4. The molecule has 7 rings (SSSR count). The molecule has 3 aromatic carbocycles. The topological polar surface area (TPSA) is 76.4 Å². The van der Waals surface area contributed by atoms with Crippen molar-refractivity contribution in [2.45, 2.75) is 0 Å². The number of benzene rings is 3. The standard InChI is InChI=1S/C31H25FN4O4/c1-39-25-12-11-21-26(29(25)40-2)31(38)36-24-6-4-3-5-20(24)22-17-23(33-27(21)28(22)36)30(37)35-15-13-34(14-16-35)19-9-7-18(32)8-10-19/h3-12,17H,13-16H2,1-2H3. The highest BCUT2D eigenvalue weighted by molar-refractivity contribution is 6.21. The third kappa shape index (κ3) is 3.47. The van der Waals surface area contributed by atoms with Gasteiger partial charge in [-0.05, 0) is 48.5 Å². The van der Waals surface area contributed by atoms with Gasteiger partial charge in [0.05, 0.1) is 36.2 Å². The highest BCUT2D eigenvalue weighted by Crippen LogP contribution is 2.39. The first-order valence-electron chi connectivity index (χ1n) is 13.0. The van der Waals surface area contributed by atoms with Crippen LogP contribution in [0.3, 0.4) is 0 Å². The van der Waals surface area contributed by atoms with Crippen molar-refractivity contribution in [2.75, 3.05) is 45.3 Å². The fourth-order valence-corrected chi connectivity index (χ4v) is 5.93. The summed E-state index contributed by atoms with van der Waals surface area (Å²) < 4.78 is 26.1. The van der Waals surface area contributed by atoms with Crippen molar-refractivity contribution >= 4 is 49.7 Å². The van der Waals surface area contributed by atoms with Gasteiger partial charge in [-0.1, -0.05) is 18.2 Å². The van der Waals surface area contributed by atoms with Gasteiger partial charge in [-0.25, -0.2) is 9.37 Å². The molecule has 9 heteroatoms. The van der Waals surface area contributed by atoms with Gasteiger partial charge in [-0.15, -0.1) is 0 Å². The van der Waals surface area contributed by atoms with Crippen LogP contribution in [-0.4, -0.2) is 60.6 Å². The van der Waals surface area contributed by atoms with Gasteiger partial charge in [0.25, 0.3) is 11.5 Å². The van der Waals surface area contributed by atoms with Crippen LogP contribution in [0.2, 0.25) is 0 Å². The zero-order valence-corrected chi connectivity index (χ0v) is 22.0. The van der Waals surface area contributed by atoms with Gasteiger partial charge in [0.1, 0.15) is 11.5 Å². The van der Waals surface area contributed by atoms with Crippen molar-refractivity contribution in [1.82, 2.24) is 14.3 Å². The van der Waals surface area contributed by atoms with Crippen LogP contribution in [0.15, 0.2) is 71.5 Å². The Morgan fingerprint density at radius 1 is 0.875 bits per heavy atom. The van der Waals surface area contributed by atoms with Gasteiger partial charge >= 0.3 is 0 Å². The lowest BCUT2D eigenvalue weighted by atomic mass is 10.1. The molecule has 1 fully saturated rings. The van der Waals surface area contributed by atoms with E-state index in [1.165, 1.54) is 26.4 Å². The first-order chi connectivity index (χ1) is 19.5. The number of para-hydroxylation sites is 1. The molecule has 0 bridgehead atoms. The summed E-state index contributed by atoms with van der Waals surface area (Å²) in [6.45, 7) is 2.26. The third-order valence-electron chi connectivity index (χ3n) is 7.85. The molecule has 6 aromatic rings. The molecule has 0 atom stereocenters. The number of pyridine rings is 2. The van der Waals surface area contributed by atoms with Crippen LogP contribution < -0.4 is 19.9 Å². The van der Waals surface area contributed by atoms with Gasteiger partial charge in [0.2, 0.25) is 0 Å². The first kappa shape index (κ1) is 24.1. The van der Waals surface area contributed by atoms with Gasteiger partial charge < -0.3 is 19.3 Å². The van der Waals surface area contributed by atoms with E-state index in [1.807, 2.05) is 24.3 Å². The molecule has 1 aliphatic rings. The maximum Gasteiger partial charge on any atom is 0.272 e. The maximum absolute atomic E-state index is 13.9. The number of anilines is 1. The summed E-state index contributed by atoms with van der Waals surface area (Å²) in [6.07, 6.45) is 0. The summed E-state index contributed by atoms with van der Waals surface area (Å²) in [5.41, 5.74) is 2.97. The van der Waals surface area contributed by atoms with Gasteiger partial charge in [0, 0.05) is 48.0 Å². The quantitative estimate of drug-likeness (QED) is 0.304. The molecule has 0 unspecified atom stereocenters. The number of piperazine rings is 1. The van der Waals surface area contributed by atoms with Crippen LogP contribution in [0.4, 0.5) is 10.1 Å². The minimum Gasteiger partial charge on any atom is -0.493 e. The molecule has 200 valence electrons. The van der Waals surface area contributed by atoms with Crippen LogP contribution >= 0.6 is 0 Å². The number of hydrogen-bond donors (Lipinski definition) is 0. The summed E-state index contributed by atoms with van der Waals surface area (Å²) in [5, 5.41) is 2.60. The molecular formula is C31H25FN4O4. The Labute approximate surface area is 228 Å². The molecule has 0 spiro atoms. The number of carbonyl (C=O) groups excluding carboxylic acids is 1. The fourth-order valence-electron chi connectivity index (χ4n) is 5.93. The van der Waals surface area contributed by atoms with Crippen molar-refractivity contribution in [3.63, 3.8) is 0 Å². The van der Waals surface area contributed by atoms with Crippen LogP contribution in [0.25, 0.3) is 38.1 Å². The van der Waals surface area contributed by atoms with E-state index in [1.54, 1.807) is 39.6 Å². The van der Waals surface area contributed by atoms with E-state index in [0.29, 0.717) is 65.2 Å². The molecule has 4 heterocycles. The second-order valence-corrected chi connectivity index (χ2v) is 9.89. The zero-order valence-electron chi connectivity index (χ0n) is 22.0. The number of fused-ring (bicyclic) bond motifs is 5. The number of hydrogen-bond acceptors (Lipinski definition) is 6. The molecular weight excluding hydrogens is 511 g/mol. The summed E-state index contributed by atoms with van der Waals surface area (Å²) in [7, 11) is 3.03. The molecule has 40 heavy (non-hydrogen) atoms. The molecule has 1 saturated heterocycles. The van der Waals surface area contributed by atoms with Crippen LogP contribution in [0, 0.1) is 5.82 Å². The SMILES string of the molecule is COc1ccc2c(c1OC)c(=O)n1c3ccccc3c3cc(C(=O)N4CCN(c5ccc(F)cc5)CC4)nc2c31. The Hall–Kier alpha value is -4.92. The Balaban J connectivity index is 1.38. The zero-order chi connectivity index (χ0) is 27.5. The number of amides is 1. The summed E-state index contributed by atoms with van der Waals surface area (Å²) in [5.74, 6) is 0.324. The molecule has 3 aromatic heterocycles. The lowest BCUT2D eigenvalue weighted by molar-refractivity contribution is 0.0741. The molecule has 0 radical (unpaired) electrons. The second-order valence-electron chi connectivity index (χ2n) is 9.89. The van der Waals surface area contributed by atoms with E-state index in [9.17, 15) is 14.0 Å². The molecule has 0 aliphatic carbocycles. The lowest BCUT2D eigenvalue weighted by Crippen LogP contribution is -2.49. The van der Waals surface area contributed by atoms with E-state index in [4.69, 9.17) is 14.5 Å². The van der Waals surface area contributed by atoms with Gasteiger partial charge in [-0.3, -0.25) is 14.0 Å². The third-order valence-corrected chi connectivity index (χ3v) is 7.85. The van der Waals surface area contributed by atoms with E-state index in [0.717, 1.165) is 22.0 Å². The normalized spacial score (nSPS) is 14.1. The van der Waals surface area contributed by atoms with Crippen molar-refractivity contribution in [1.29, 1.82) is 0 Å². The van der Waals surface area contributed by atoms with Crippen molar-refractivity contribution in [3.05, 3.63) is 88.6 Å². The minimum atomic E-state index is -0.274. The number of halogens is 1. The largest absolute Gasteiger partial charge is 0.493 e. The van der Waals surface area contributed by atoms with E-state index >= 15 is 0 Å². The molecule has 0 saturated carbocycles. The first-order valence-corrected chi connectivity index (χ1v) is 13.0. The Bertz CT molecular complexity index is 2000. The van der Waals surface area contributed by atoms with Crippen LogP contribution in [0.1, 0.15) is 10.5 Å². The Morgan fingerprint density at radius 3 is 2.35 bits per heavy atom. The number of nitrogens with zero attached hydrogens (tertiary/aromatic N) is 4. The lowest BCUT2D eigenvalue weighted by Gasteiger charge is -2.36. The summed E-state index contributed by atoms with van der Waals surface area (Å²) >= 11 is 0. The fraction of sp³-hybridized carbons (Fsp3) is 0.194. The highest BCUT2D eigenvalue weighted by atomic mass is 19.1. The maximum atomic E-state index is 13.9. The average Bonchev–Trinajstić information content (AvgIpc) is 3.34. The number of ether oxygens (including phenoxy) is 2. The van der Waals surface area contributed by atoms with E-state index in [-0.39, 0.29) is 17.3 Å². The molecule has 8 nitrogen and oxygen atoms in total. The molecule has 0 N–H and O–H groups in total. The van der Waals surface area contributed by atoms with Crippen molar-refractivity contribution < 1.29 is 18.7 Å². The molecule has 1 aliphatic heterocycles. The van der Waals surface area contributed by atoms with E-state index < -0.39 is 0 Å². The van der Waals surface area contributed by atoms with Gasteiger partial charge in [0.15, 0.2) is 11.5 Å². The number of carbonyl (C=O) groups is 1. The van der Waals surface area contributed by atoms with Crippen LogP contribution in [0.5, 0.6) is 11.5 Å². The van der Waals surface area contributed by atoms with Crippen molar-refractivity contribution in [2.24, 2.45) is 0 Å². The smallest absolute Gasteiger partial charge is 0.272 e. The van der Waals surface area contributed by atoms with Crippen LogP contribution in [-0.2, 0) is 0 Å². The summed E-state index contributed by atoms with van der Waals surface area (Å²) in [4.78, 5) is 36.6. The number of methoxy groups -OCH3 is 2. The Kier molecular flexibility index (Phi) is 5.48. The Morgan fingerprint density at radius 2 is 1.62 bits per heavy atom. The highest BCUT2D eigenvalue weighted by Gasteiger charge is 2.27. The monoisotopic (exact) mass is 536 g/mol.